The number of hydrogen-bond acceptors (Lipinski definition) is 2. The highest BCUT2D eigenvalue weighted by Gasteiger charge is 2.30. The van der Waals surface area contributed by atoms with Crippen LogP contribution in [0.3, 0.4) is 0 Å². The molecule has 19 heavy (non-hydrogen) atoms. The Morgan fingerprint density at radius 1 is 1.16 bits per heavy atom. The molecule has 2 N–H and O–H groups in total. The molecule has 0 bridgehead atoms. The van der Waals surface area contributed by atoms with Gasteiger partial charge in [0.05, 0.1) is 11.4 Å². The standard InChI is InChI=1S/C16H22N2O/c17-14-10-4-8-12-9-5-11-18(15(12)14)16(19)13-6-2-1-3-7-13/h4,8,10,13H,1-3,5-7,9,11,17H2. The van der Waals surface area contributed by atoms with Gasteiger partial charge in [-0.2, -0.15) is 0 Å². The average molecular weight is 258 g/mol. The molecule has 1 amide bonds. The van der Waals surface area contributed by atoms with Gasteiger partial charge >= 0.3 is 0 Å². The summed E-state index contributed by atoms with van der Waals surface area (Å²) in [5, 5.41) is 0. The van der Waals surface area contributed by atoms with E-state index in [-0.39, 0.29) is 5.92 Å². The van der Waals surface area contributed by atoms with Crippen molar-refractivity contribution >= 4 is 17.3 Å². The Labute approximate surface area is 114 Å². The summed E-state index contributed by atoms with van der Waals surface area (Å²) < 4.78 is 0. The summed E-state index contributed by atoms with van der Waals surface area (Å²) in [5.74, 6) is 0.526. The number of fused-ring (bicyclic) bond motifs is 1. The van der Waals surface area contributed by atoms with Gasteiger partial charge in [-0.15, -0.1) is 0 Å². The van der Waals surface area contributed by atoms with Crippen molar-refractivity contribution in [1.29, 1.82) is 0 Å². The van der Waals surface area contributed by atoms with Crippen LogP contribution in [-0.4, -0.2) is 12.5 Å². The normalized spacial score (nSPS) is 20.1. The van der Waals surface area contributed by atoms with E-state index in [1.165, 1.54) is 24.8 Å². The molecule has 0 aromatic heterocycles. The van der Waals surface area contributed by atoms with Crippen molar-refractivity contribution in [2.45, 2.75) is 44.9 Å². The molecule has 0 unspecified atom stereocenters. The molecular formula is C16H22N2O. The van der Waals surface area contributed by atoms with Crippen LogP contribution in [0.2, 0.25) is 0 Å². The Morgan fingerprint density at radius 3 is 2.74 bits per heavy atom. The Hall–Kier alpha value is -1.51. The predicted octanol–water partition coefficient (Wildman–Crippen LogP) is 3.13. The van der Waals surface area contributed by atoms with E-state index in [4.69, 9.17) is 5.73 Å². The third kappa shape index (κ3) is 2.34. The molecule has 2 aliphatic rings. The third-order valence-electron chi connectivity index (χ3n) is 4.47. The van der Waals surface area contributed by atoms with E-state index in [9.17, 15) is 4.79 Å². The first kappa shape index (κ1) is 12.5. The number of hydrogen-bond donors (Lipinski definition) is 1. The summed E-state index contributed by atoms with van der Waals surface area (Å²) in [6.07, 6.45) is 7.86. The number of carbonyl (C=O) groups excluding carboxylic acids is 1. The molecular weight excluding hydrogens is 236 g/mol. The van der Waals surface area contributed by atoms with E-state index in [0.29, 0.717) is 5.91 Å². The summed E-state index contributed by atoms with van der Waals surface area (Å²) in [6, 6.07) is 6.00. The van der Waals surface area contributed by atoms with Crippen LogP contribution in [0.15, 0.2) is 18.2 Å². The van der Waals surface area contributed by atoms with Crippen molar-refractivity contribution in [3.8, 4) is 0 Å². The molecule has 0 saturated heterocycles. The quantitative estimate of drug-likeness (QED) is 0.787. The summed E-state index contributed by atoms with van der Waals surface area (Å²) in [7, 11) is 0. The maximum atomic E-state index is 12.7. The molecule has 1 saturated carbocycles. The van der Waals surface area contributed by atoms with Crippen LogP contribution in [0.1, 0.15) is 44.1 Å². The van der Waals surface area contributed by atoms with Crippen molar-refractivity contribution in [2.24, 2.45) is 5.92 Å². The molecule has 102 valence electrons. The van der Waals surface area contributed by atoms with Gasteiger partial charge in [0, 0.05) is 12.5 Å². The van der Waals surface area contributed by atoms with Gasteiger partial charge in [0.2, 0.25) is 5.91 Å². The fraction of sp³-hybridized carbons (Fsp3) is 0.562. The zero-order valence-electron chi connectivity index (χ0n) is 11.4. The van der Waals surface area contributed by atoms with E-state index < -0.39 is 0 Å². The predicted molar refractivity (Wildman–Crippen MR) is 78.1 cm³/mol. The fourth-order valence-electron chi connectivity index (χ4n) is 3.47. The monoisotopic (exact) mass is 258 g/mol. The van der Waals surface area contributed by atoms with Gasteiger partial charge in [-0.25, -0.2) is 0 Å². The summed E-state index contributed by atoms with van der Waals surface area (Å²) in [6.45, 7) is 0.830. The summed E-state index contributed by atoms with van der Waals surface area (Å²) in [5.41, 5.74) is 9.08. The Morgan fingerprint density at radius 2 is 1.95 bits per heavy atom. The van der Waals surface area contributed by atoms with Crippen molar-refractivity contribution in [3.63, 3.8) is 0 Å². The van der Waals surface area contributed by atoms with Gasteiger partial charge < -0.3 is 10.6 Å². The van der Waals surface area contributed by atoms with Crippen molar-refractivity contribution in [2.75, 3.05) is 17.2 Å². The van der Waals surface area contributed by atoms with E-state index in [0.717, 1.165) is 43.6 Å². The molecule has 1 aliphatic carbocycles. The summed E-state index contributed by atoms with van der Waals surface area (Å²) in [4.78, 5) is 14.7. The van der Waals surface area contributed by atoms with Gasteiger partial charge in [0.25, 0.3) is 0 Å². The molecule has 1 heterocycles. The van der Waals surface area contributed by atoms with E-state index in [2.05, 4.69) is 6.07 Å². The first-order valence-electron chi connectivity index (χ1n) is 7.46. The molecule has 1 fully saturated rings. The number of para-hydroxylation sites is 1. The Balaban J connectivity index is 1.88. The zero-order valence-corrected chi connectivity index (χ0v) is 11.4. The van der Waals surface area contributed by atoms with Gasteiger partial charge in [-0.3, -0.25) is 4.79 Å². The Kier molecular flexibility index (Phi) is 3.45. The number of aryl methyl sites for hydroxylation is 1. The molecule has 1 aromatic rings. The first-order valence-corrected chi connectivity index (χ1v) is 7.46. The molecule has 0 spiro atoms. The second kappa shape index (κ2) is 5.24. The van der Waals surface area contributed by atoms with Crippen molar-refractivity contribution in [1.82, 2.24) is 0 Å². The SMILES string of the molecule is Nc1cccc2c1N(C(=O)C1CCCCC1)CCC2. The van der Waals surface area contributed by atoms with Gasteiger partial charge in [-0.05, 0) is 37.3 Å². The average Bonchev–Trinajstić information content (AvgIpc) is 2.47. The highest BCUT2D eigenvalue weighted by atomic mass is 16.2. The number of amides is 1. The lowest BCUT2D eigenvalue weighted by atomic mass is 9.87. The number of carbonyl (C=O) groups is 1. The lowest BCUT2D eigenvalue weighted by Gasteiger charge is -2.34. The molecule has 3 rings (SSSR count). The van der Waals surface area contributed by atoms with Crippen LogP contribution in [-0.2, 0) is 11.2 Å². The molecule has 1 aromatic carbocycles. The molecule has 3 heteroatoms. The van der Waals surface area contributed by atoms with Crippen LogP contribution in [0, 0.1) is 5.92 Å². The topological polar surface area (TPSA) is 46.3 Å². The molecule has 1 aliphatic heterocycles. The lowest BCUT2D eigenvalue weighted by molar-refractivity contribution is -0.123. The van der Waals surface area contributed by atoms with E-state index in [1.54, 1.807) is 0 Å². The lowest BCUT2D eigenvalue weighted by Crippen LogP contribution is -2.40. The number of nitrogens with zero attached hydrogens (tertiary/aromatic N) is 1. The van der Waals surface area contributed by atoms with Gasteiger partial charge in [-0.1, -0.05) is 31.4 Å². The number of nitrogen functional groups attached to an aromatic ring is 1. The number of nitrogens with two attached hydrogens (primary N) is 1. The highest BCUT2D eigenvalue weighted by Crippen LogP contribution is 2.35. The maximum Gasteiger partial charge on any atom is 0.230 e. The Bertz CT molecular complexity index is 478. The largest absolute Gasteiger partial charge is 0.397 e. The molecule has 3 nitrogen and oxygen atoms in total. The first-order chi connectivity index (χ1) is 9.27. The van der Waals surface area contributed by atoms with Crippen LogP contribution < -0.4 is 10.6 Å². The van der Waals surface area contributed by atoms with Crippen molar-refractivity contribution < 1.29 is 4.79 Å². The zero-order chi connectivity index (χ0) is 13.2. The highest BCUT2D eigenvalue weighted by molar-refractivity contribution is 5.99. The third-order valence-corrected chi connectivity index (χ3v) is 4.47. The molecule has 0 radical (unpaired) electrons. The minimum atomic E-state index is 0.222. The van der Waals surface area contributed by atoms with E-state index in [1.807, 2.05) is 17.0 Å². The summed E-state index contributed by atoms with van der Waals surface area (Å²) >= 11 is 0. The van der Waals surface area contributed by atoms with Crippen LogP contribution in [0.4, 0.5) is 11.4 Å². The van der Waals surface area contributed by atoms with Crippen LogP contribution in [0.5, 0.6) is 0 Å². The minimum Gasteiger partial charge on any atom is -0.397 e. The maximum absolute atomic E-state index is 12.7. The fourth-order valence-corrected chi connectivity index (χ4v) is 3.47. The second-order valence-electron chi connectivity index (χ2n) is 5.78. The van der Waals surface area contributed by atoms with Crippen molar-refractivity contribution in [3.05, 3.63) is 23.8 Å². The number of rotatable bonds is 1. The number of benzene rings is 1. The second-order valence-corrected chi connectivity index (χ2v) is 5.78. The van der Waals surface area contributed by atoms with Crippen LogP contribution >= 0.6 is 0 Å². The molecule has 0 atom stereocenters. The van der Waals surface area contributed by atoms with E-state index >= 15 is 0 Å². The smallest absolute Gasteiger partial charge is 0.230 e. The van der Waals surface area contributed by atoms with Gasteiger partial charge in [0.1, 0.15) is 0 Å². The minimum absolute atomic E-state index is 0.222. The van der Waals surface area contributed by atoms with Gasteiger partial charge in [0.15, 0.2) is 0 Å². The number of anilines is 2. The van der Waals surface area contributed by atoms with Crippen LogP contribution in [0.25, 0.3) is 0 Å².